The molecule has 0 aliphatic rings. The van der Waals surface area contributed by atoms with Crippen molar-refractivity contribution in [2.75, 3.05) is 13.1 Å². The van der Waals surface area contributed by atoms with Crippen LogP contribution in [0.1, 0.15) is 79.2 Å². The topological polar surface area (TPSA) is 78.3 Å². The summed E-state index contributed by atoms with van der Waals surface area (Å²) in [5.74, 6) is 1.07. The molecule has 0 saturated heterocycles. The number of fused-ring (bicyclic) bond motifs is 1. The van der Waals surface area contributed by atoms with E-state index in [0.29, 0.717) is 18.7 Å². The maximum absolute atomic E-state index is 12.1. The van der Waals surface area contributed by atoms with Crippen LogP contribution in [0, 0.1) is 0 Å². The lowest BCUT2D eigenvalue weighted by Gasteiger charge is -2.24. The summed E-state index contributed by atoms with van der Waals surface area (Å²) in [5.41, 5.74) is 11.4. The van der Waals surface area contributed by atoms with Crippen molar-refractivity contribution in [1.82, 2.24) is 0 Å². The third-order valence-electron chi connectivity index (χ3n) is 4.49. The average molecular weight is 403 g/mol. The monoisotopic (exact) mass is 402 g/mol. The lowest BCUT2D eigenvalue weighted by atomic mass is 9.92. The summed E-state index contributed by atoms with van der Waals surface area (Å²) >= 11 is 0. The molecule has 2 aromatic rings. The molecule has 1 atom stereocenters. The van der Waals surface area contributed by atoms with Gasteiger partial charge >= 0.3 is 0 Å². The van der Waals surface area contributed by atoms with E-state index in [2.05, 4.69) is 19.1 Å². The average Bonchev–Trinajstić information content (AvgIpc) is 2.74. The Morgan fingerprint density at radius 2 is 1.55 bits per heavy atom. The predicted molar refractivity (Wildman–Crippen MR) is 127 cm³/mol. The highest BCUT2D eigenvalue weighted by atomic mass is 16.5. The van der Waals surface area contributed by atoms with Crippen molar-refractivity contribution in [3.63, 3.8) is 0 Å². The van der Waals surface area contributed by atoms with E-state index in [-0.39, 0.29) is 11.5 Å². The van der Waals surface area contributed by atoms with Crippen LogP contribution in [0.25, 0.3) is 10.8 Å². The van der Waals surface area contributed by atoms with Crippen molar-refractivity contribution in [3.8, 4) is 5.75 Å². The molecule has 2 rings (SSSR count). The normalized spacial score (nSPS) is 11.6. The molecule has 0 radical (unpaired) electrons. The van der Waals surface area contributed by atoms with E-state index >= 15 is 0 Å². The van der Waals surface area contributed by atoms with Gasteiger partial charge < -0.3 is 16.2 Å². The maximum atomic E-state index is 12.1. The van der Waals surface area contributed by atoms with Crippen LogP contribution in [-0.4, -0.2) is 24.5 Å². The third kappa shape index (κ3) is 9.42. The molecule has 0 fully saturated rings. The van der Waals surface area contributed by atoms with Gasteiger partial charge in [-0.15, -0.1) is 0 Å². The van der Waals surface area contributed by atoms with Gasteiger partial charge in [0, 0.05) is 18.9 Å². The molecule has 164 valence electrons. The van der Waals surface area contributed by atoms with Crippen molar-refractivity contribution in [2.24, 2.45) is 11.5 Å². The highest BCUT2D eigenvalue weighted by Gasteiger charge is 2.18. The molecular formula is C25H42N2O2. The van der Waals surface area contributed by atoms with Gasteiger partial charge in [0.15, 0.2) is 0 Å². The molecule has 4 nitrogen and oxygen atoms in total. The Bertz CT molecular complexity index is 724. The SMILES string of the molecule is CC.CCCC(=O)C(C)c1ccc2cc(OC(C)(C)CN)ccc2c1.CCCN. The van der Waals surface area contributed by atoms with Crippen molar-refractivity contribution in [1.29, 1.82) is 0 Å². The van der Waals surface area contributed by atoms with Gasteiger partial charge in [0.2, 0.25) is 0 Å². The molecule has 0 amide bonds. The summed E-state index contributed by atoms with van der Waals surface area (Å²) in [4.78, 5) is 12.1. The van der Waals surface area contributed by atoms with E-state index in [1.54, 1.807) is 0 Å². The minimum Gasteiger partial charge on any atom is -0.487 e. The Labute approximate surface area is 178 Å². The Morgan fingerprint density at radius 3 is 2.07 bits per heavy atom. The van der Waals surface area contributed by atoms with Crippen LogP contribution >= 0.6 is 0 Å². The van der Waals surface area contributed by atoms with Gasteiger partial charge in [-0.2, -0.15) is 0 Å². The smallest absolute Gasteiger partial charge is 0.140 e. The van der Waals surface area contributed by atoms with Crippen LogP contribution in [0.3, 0.4) is 0 Å². The van der Waals surface area contributed by atoms with E-state index in [0.717, 1.165) is 41.5 Å². The fraction of sp³-hybridized carbons (Fsp3) is 0.560. The number of ether oxygens (including phenoxy) is 1. The number of benzene rings is 2. The minimum atomic E-state index is -0.380. The number of carbonyl (C=O) groups is 1. The Kier molecular flexibility index (Phi) is 13.2. The number of carbonyl (C=O) groups excluding carboxylic acids is 1. The molecule has 2 aromatic carbocycles. The lowest BCUT2D eigenvalue weighted by molar-refractivity contribution is -0.120. The van der Waals surface area contributed by atoms with Gasteiger partial charge in [0.05, 0.1) is 0 Å². The molecule has 1 unspecified atom stereocenters. The maximum Gasteiger partial charge on any atom is 0.140 e. The number of hydrogen-bond donors (Lipinski definition) is 2. The van der Waals surface area contributed by atoms with Crippen LogP contribution < -0.4 is 16.2 Å². The minimum absolute atomic E-state index is 0.0496. The van der Waals surface area contributed by atoms with Crippen molar-refractivity contribution >= 4 is 16.6 Å². The van der Waals surface area contributed by atoms with E-state index < -0.39 is 0 Å². The zero-order valence-corrected chi connectivity index (χ0v) is 19.5. The summed E-state index contributed by atoms with van der Waals surface area (Å²) in [6.45, 7) is 15.3. The fourth-order valence-electron chi connectivity index (χ4n) is 2.58. The van der Waals surface area contributed by atoms with Crippen molar-refractivity contribution < 1.29 is 9.53 Å². The van der Waals surface area contributed by atoms with E-state index in [4.69, 9.17) is 16.2 Å². The van der Waals surface area contributed by atoms with Gasteiger partial charge in [-0.3, -0.25) is 4.79 Å². The van der Waals surface area contributed by atoms with Crippen LogP contribution in [0.5, 0.6) is 5.75 Å². The van der Waals surface area contributed by atoms with Gasteiger partial charge in [0.1, 0.15) is 17.1 Å². The largest absolute Gasteiger partial charge is 0.487 e. The summed E-state index contributed by atoms with van der Waals surface area (Å²) in [6, 6.07) is 12.2. The molecule has 0 aliphatic heterocycles. The number of rotatable bonds is 8. The number of ketones is 1. The first-order valence-corrected chi connectivity index (χ1v) is 10.9. The third-order valence-corrected chi connectivity index (χ3v) is 4.49. The van der Waals surface area contributed by atoms with Gasteiger partial charge in [-0.1, -0.05) is 58.9 Å². The first-order chi connectivity index (χ1) is 13.8. The summed E-state index contributed by atoms with van der Waals surface area (Å²) in [7, 11) is 0. The highest BCUT2D eigenvalue weighted by Crippen LogP contribution is 2.27. The molecule has 4 heteroatoms. The standard InChI is InChI=1S/C20H27NO2.C3H9N.C2H6/c1-5-6-19(22)14(2)15-7-8-17-12-18(10-9-16(17)11-15)23-20(3,4)13-21;1-2-3-4;1-2/h7-12,14H,5-6,13,21H2,1-4H3;2-4H2,1H3;1-2H3. The van der Waals surface area contributed by atoms with Crippen molar-refractivity contribution in [3.05, 3.63) is 42.0 Å². The second kappa shape index (κ2) is 14.1. The van der Waals surface area contributed by atoms with Crippen molar-refractivity contribution in [2.45, 2.75) is 79.2 Å². The van der Waals surface area contributed by atoms with Gasteiger partial charge in [-0.05, 0) is 61.7 Å². The summed E-state index contributed by atoms with van der Waals surface area (Å²) in [5, 5.41) is 2.23. The molecule has 29 heavy (non-hydrogen) atoms. The number of Topliss-reactive ketones (excluding diaryl/α,β-unsaturated/α-hetero) is 1. The van der Waals surface area contributed by atoms with Gasteiger partial charge in [0.25, 0.3) is 0 Å². The molecule has 0 spiro atoms. The lowest BCUT2D eigenvalue weighted by Crippen LogP contribution is -2.37. The van der Waals surface area contributed by atoms with Crippen LogP contribution in [0.2, 0.25) is 0 Å². The first kappa shape index (κ1) is 27.1. The predicted octanol–water partition coefficient (Wildman–Crippen LogP) is 5.81. The zero-order valence-electron chi connectivity index (χ0n) is 19.5. The number of nitrogens with two attached hydrogens (primary N) is 2. The quantitative estimate of drug-likeness (QED) is 0.584. The van der Waals surface area contributed by atoms with Gasteiger partial charge in [-0.25, -0.2) is 0 Å². The molecule has 0 aliphatic carbocycles. The summed E-state index contributed by atoms with van der Waals surface area (Å²) < 4.78 is 5.93. The highest BCUT2D eigenvalue weighted by molar-refractivity contribution is 5.89. The molecular weight excluding hydrogens is 360 g/mol. The first-order valence-electron chi connectivity index (χ1n) is 10.9. The summed E-state index contributed by atoms with van der Waals surface area (Å²) in [6.07, 6.45) is 2.63. The molecule has 0 aromatic heterocycles. The Balaban J connectivity index is 0.00000116. The number of hydrogen-bond acceptors (Lipinski definition) is 4. The van der Waals surface area contributed by atoms with Crippen LogP contribution in [0.4, 0.5) is 0 Å². The second-order valence-electron chi connectivity index (χ2n) is 7.56. The zero-order chi connectivity index (χ0) is 22.4. The second-order valence-corrected chi connectivity index (χ2v) is 7.56. The molecule has 4 N–H and O–H groups in total. The fourth-order valence-corrected chi connectivity index (χ4v) is 2.58. The van der Waals surface area contributed by atoms with E-state index in [9.17, 15) is 4.79 Å². The van der Waals surface area contributed by atoms with Crippen LogP contribution in [0.15, 0.2) is 36.4 Å². The van der Waals surface area contributed by atoms with E-state index in [1.807, 2.05) is 65.8 Å². The molecule has 0 bridgehead atoms. The molecule has 0 heterocycles. The van der Waals surface area contributed by atoms with E-state index in [1.165, 1.54) is 0 Å². The van der Waals surface area contributed by atoms with Crippen LogP contribution in [-0.2, 0) is 4.79 Å². The molecule has 0 saturated carbocycles. The Morgan fingerprint density at radius 1 is 1.00 bits per heavy atom. The Hall–Kier alpha value is -1.91.